The fraction of sp³-hybridized carbons (Fsp3) is 0.667. The van der Waals surface area contributed by atoms with E-state index in [0.717, 1.165) is 36.9 Å². The highest BCUT2D eigenvalue weighted by Crippen LogP contribution is 2.20. The van der Waals surface area contributed by atoms with Gasteiger partial charge in [-0.1, -0.05) is 13.0 Å². The van der Waals surface area contributed by atoms with Crippen molar-refractivity contribution >= 4 is 15.9 Å². The number of piperazine rings is 1. The van der Waals surface area contributed by atoms with Crippen LogP contribution >= 0.6 is 0 Å². The highest BCUT2D eigenvalue weighted by atomic mass is 32.2. The van der Waals surface area contributed by atoms with Crippen LogP contribution in [0.4, 0.5) is 0 Å². The molecule has 0 unspecified atom stereocenters. The standard InChI is InChI=1S/C21H33N3O3S/c1-4-19-7-5-6-10-24(19)21(25)16-22-11-13-23(14-12-22)28(26,27)20-9-8-17(2)18(3)15-20/h8-9,15,19H,4-7,10-14,16H2,1-3H3/p+1/t19-/m1/s1. The van der Waals surface area contributed by atoms with Crippen LogP contribution in [0.1, 0.15) is 43.7 Å². The topological polar surface area (TPSA) is 62.1 Å². The Morgan fingerprint density at radius 1 is 1.11 bits per heavy atom. The van der Waals surface area contributed by atoms with Gasteiger partial charge in [0.1, 0.15) is 0 Å². The van der Waals surface area contributed by atoms with Gasteiger partial charge in [-0.15, -0.1) is 0 Å². The first kappa shape index (κ1) is 21.3. The van der Waals surface area contributed by atoms with Gasteiger partial charge >= 0.3 is 0 Å². The zero-order valence-corrected chi connectivity index (χ0v) is 18.2. The van der Waals surface area contributed by atoms with Crippen LogP contribution in [0.15, 0.2) is 23.1 Å². The van der Waals surface area contributed by atoms with Gasteiger partial charge in [-0.05, 0) is 62.8 Å². The number of quaternary nitrogens is 1. The highest BCUT2D eigenvalue weighted by Gasteiger charge is 2.33. The molecule has 0 radical (unpaired) electrons. The molecular formula is C21H34N3O3S+. The van der Waals surface area contributed by atoms with Crippen LogP contribution < -0.4 is 4.90 Å². The van der Waals surface area contributed by atoms with E-state index in [1.54, 1.807) is 16.4 Å². The Morgan fingerprint density at radius 2 is 1.82 bits per heavy atom. The van der Waals surface area contributed by atoms with Crippen molar-refractivity contribution in [3.8, 4) is 0 Å². The number of hydrogen-bond donors (Lipinski definition) is 1. The second-order valence-corrected chi connectivity index (χ2v) is 10.2. The summed E-state index contributed by atoms with van der Waals surface area (Å²) in [6, 6.07) is 5.70. The van der Waals surface area contributed by atoms with E-state index in [0.29, 0.717) is 43.7 Å². The van der Waals surface area contributed by atoms with Crippen LogP contribution in [0.2, 0.25) is 0 Å². The number of rotatable bonds is 5. The monoisotopic (exact) mass is 408 g/mol. The maximum atomic E-state index is 13.0. The van der Waals surface area contributed by atoms with Crippen LogP contribution in [-0.4, -0.2) is 68.8 Å². The van der Waals surface area contributed by atoms with Gasteiger partial charge in [0.25, 0.3) is 5.91 Å². The summed E-state index contributed by atoms with van der Waals surface area (Å²) in [5.41, 5.74) is 2.08. The van der Waals surface area contributed by atoms with Crippen molar-refractivity contribution < 1.29 is 18.1 Å². The maximum absolute atomic E-state index is 13.0. The fourth-order valence-corrected chi connectivity index (χ4v) is 5.84. The minimum absolute atomic E-state index is 0.229. The molecule has 28 heavy (non-hydrogen) atoms. The molecule has 2 fully saturated rings. The van der Waals surface area contributed by atoms with Crippen LogP contribution in [-0.2, 0) is 14.8 Å². The van der Waals surface area contributed by atoms with E-state index in [2.05, 4.69) is 11.8 Å². The van der Waals surface area contributed by atoms with Crippen molar-refractivity contribution in [2.75, 3.05) is 39.3 Å². The Balaban J connectivity index is 1.58. The zero-order chi connectivity index (χ0) is 20.3. The van der Waals surface area contributed by atoms with E-state index in [-0.39, 0.29) is 5.91 Å². The number of amides is 1. The van der Waals surface area contributed by atoms with Crippen molar-refractivity contribution in [3.63, 3.8) is 0 Å². The quantitative estimate of drug-likeness (QED) is 0.790. The number of nitrogens with one attached hydrogen (secondary N) is 1. The molecule has 2 aliphatic heterocycles. The van der Waals surface area contributed by atoms with Crippen LogP contribution in [0.25, 0.3) is 0 Å². The third-order valence-electron chi connectivity index (χ3n) is 6.37. The van der Waals surface area contributed by atoms with Gasteiger partial charge in [-0.2, -0.15) is 4.31 Å². The average molecular weight is 409 g/mol. The SMILES string of the molecule is CC[C@@H]1CCCCN1C(=O)C[NH+]1CCN(S(=O)(=O)c2ccc(C)c(C)c2)CC1. The second-order valence-electron chi connectivity index (χ2n) is 8.22. The Hall–Kier alpha value is -1.44. The Labute approximate surface area is 169 Å². The molecule has 7 heteroatoms. The number of likely N-dealkylation sites (tertiary alicyclic amines) is 1. The van der Waals surface area contributed by atoms with Gasteiger partial charge in [0.05, 0.1) is 31.1 Å². The van der Waals surface area contributed by atoms with Crippen LogP contribution in [0.3, 0.4) is 0 Å². The lowest BCUT2D eigenvalue weighted by molar-refractivity contribution is -0.896. The molecule has 1 atom stereocenters. The molecule has 0 aromatic heterocycles. The number of carbonyl (C=O) groups is 1. The average Bonchev–Trinajstić information content (AvgIpc) is 2.70. The van der Waals surface area contributed by atoms with Crippen molar-refractivity contribution in [2.24, 2.45) is 0 Å². The fourth-order valence-electron chi connectivity index (χ4n) is 4.31. The zero-order valence-electron chi connectivity index (χ0n) is 17.4. The van der Waals surface area contributed by atoms with E-state index >= 15 is 0 Å². The number of aryl methyl sites for hydroxylation is 2. The molecule has 0 aliphatic carbocycles. The third-order valence-corrected chi connectivity index (χ3v) is 8.26. The molecule has 2 saturated heterocycles. The largest absolute Gasteiger partial charge is 0.335 e. The van der Waals surface area contributed by atoms with Crippen molar-refractivity contribution in [1.29, 1.82) is 0 Å². The van der Waals surface area contributed by atoms with Gasteiger partial charge < -0.3 is 9.80 Å². The third kappa shape index (κ3) is 4.58. The maximum Gasteiger partial charge on any atom is 0.278 e. The summed E-state index contributed by atoms with van der Waals surface area (Å²) in [5, 5.41) is 0. The first-order valence-corrected chi connectivity index (χ1v) is 12.0. The molecule has 1 aromatic carbocycles. The Kier molecular flexibility index (Phi) is 6.78. The molecule has 1 amide bonds. The number of nitrogens with zero attached hydrogens (tertiary/aromatic N) is 2. The van der Waals surface area contributed by atoms with Gasteiger partial charge in [-0.25, -0.2) is 8.42 Å². The minimum atomic E-state index is -3.46. The summed E-state index contributed by atoms with van der Waals surface area (Å²) >= 11 is 0. The molecule has 1 aromatic rings. The molecular weight excluding hydrogens is 374 g/mol. The molecule has 0 spiro atoms. The molecule has 0 bridgehead atoms. The minimum Gasteiger partial charge on any atom is -0.335 e. The Morgan fingerprint density at radius 3 is 2.46 bits per heavy atom. The van der Waals surface area contributed by atoms with Gasteiger partial charge in [-0.3, -0.25) is 4.79 Å². The first-order chi connectivity index (χ1) is 13.3. The van der Waals surface area contributed by atoms with Gasteiger partial charge in [0, 0.05) is 12.6 Å². The van der Waals surface area contributed by atoms with E-state index in [9.17, 15) is 13.2 Å². The highest BCUT2D eigenvalue weighted by molar-refractivity contribution is 7.89. The molecule has 1 N–H and O–H groups in total. The van der Waals surface area contributed by atoms with Gasteiger partial charge in [0.2, 0.25) is 10.0 Å². The Bertz CT molecular complexity index is 801. The number of sulfonamides is 1. The van der Waals surface area contributed by atoms with Crippen LogP contribution in [0.5, 0.6) is 0 Å². The molecule has 3 rings (SSSR count). The summed E-state index contributed by atoms with van der Waals surface area (Å²) in [6.07, 6.45) is 4.44. The lowest BCUT2D eigenvalue weighted by Gasteiger charge is -2.37. The van der Waals surface area contributed by atoms with Crippen LogP contribution in [0, 0.1) is 13.8 Å². The second kappa shape index (κ2) is 8.93. The summed E-state index contributed by atoms with van der Waals surface area (Å²) < 4.78 is 27.5. The number of hydrogen-bond acceptors (Lipinski definition) is 3. The van der Waals surface area contributed by atoms with E-state index < -0.39 is 10.0 Å². The molecule has 2 aliphatic rings. The van der Waals surface area contributed by atoms with Gasteiger partial charge in [0.15, 0.2) is 6.54 Å². The lowest BCUT2D eigenvalue weighted by Crippen LogP contribution is -3.15. The van der Waals surface area contributed by atoms with Crippen molar-refractivity contribution in [3.05, 3.63) is 29.3 Å². The number of benzene rings is 1. The predicted octanol–water partition coefficient (Wildman–Crippen LogP) is 0.984. The van der Waals surface area contributed by atoms with E-state index in [1.165, 1.54) is 11.3 Å². The predicted molar refractivity (Wildman–Crippen MR) is 110 cm³/mol. The smallest absolute Gasteiger partial charge is 0.278 e. The summed E-state index contributed by atoms with van der Waals surface area (Å²) in [6.45, 7) is 9.72. The normalized spacial score (nSPS) is 22.4. The first-order valence-electron chi connectivity index (χ1n) is 10.5. The summed E-state index contributed by atoms with van der Waals surface area (Å²) in [7, 11) is -3.46. The summed E-state index contributed by atoms with van der Waals surface area (Å²) in [4.78, 5) is 16.4. The van der Waals surface area contributed by atoms with E-state index in [1.807, 2.05) is 19.9 Å². The summed E-state index contributed by atoms with van der Waals surface area (Å²) in [5.74, 6) is 0.229. The molecule has 156 valence electrons. The van der Waals surface area contributed by atoms with Crippen molar-refractivity contribution in [2.45, 2.75) is 57.4 Å². The lowest BCUT2D eigenvalue weighted by atomic mass is 10.00. The van der Waals surface area contributed by atoms with E-state index in [4.69, 9.17) is 0 Å². The van der Waals surface area contributed by atoms with Crippen molar-refractivity contribution in [1.82, 2.24) is 9.21 Å². The number of piperidine rings is 1. The number of carbonyl (C=O) groups excluding carboxylic acids is 1. The molecule has 2 heterocycles. The molecule has 6 nitrogen and oxygen atoms in total. The molecule has 0 saturated carbocycles.